The second kappa shape index (κ2) is 5.52. The van der Waals surface area contributed by atoms with Crippen LogP contribution in [0.15, 0.2) is 30.3 Å². The van der Waals surface area contributed by atoms with Gasteiger partial charge in [0.1, 0.15) is 5.41 Å². The predicted molar refractivity (Wildman–Crippen MR) is 88.5 cm³/mol. The van der Waals surface area contributed by atoms with Crippen molar-refractivity contribution in [1.29, 1.82) is 5.26 Å². The SMILES string of the molecule is CNC(=O)c1c(N)sc2c1CCC(C#N)(c1ccccc1)C2=O. The van der Waals surface area contributed by atoms with E-state index in [4.69, 9.17) is 5.73 Å². The smallest absolute Gasteiger partial charge is 0.254 e. The summed E-state index contributed by atoms with van der Waals surface area (Å²) in [6.45, 7) is 0. The van der Waals surface area contributed by atoms with Gasteiger partial charge in [-0.05, 0) is 24.0 Å². The van der Waals surface area contributed by atoms with Gasteiger partial charge in [0, 0.05) is 7.05 Å². The molecular weight excluding hydrogens is 310 g/mol. The monoisotopic (exact) mass is 325 g/mol. The van der Waals surface area contributed by atoms with Crippen LogP contribution in [0, 0.1) is 11.3 Å². The Labute approximate surface area is 137 Å². The summed E-state index contributed by atoms with van der Waals surface area (Å²) in [7, 11) is 1.53. The Morgan fingerprint density at radius 2 is 2.09 bits per heavy atom. The van der Waals surface area contributed by atoms with Crippen LogP contribution in [0.3, 0.4) is 0 Å². The van der Waals surface area contributed by atoms with E-state index in [9.17, 15) is 14.9 Å². The third kappa shape index (κ3) is 2.13. The molecule has 1 aliphatic carbocycles. The first-order valence-corrected chi connectivity index (χ1v) is 8.01. The molecule has 0 radical (unpaired) electrons. The standard InChI is InChI=1S/C17H15N3O2S/c1-20-16(22)12-11-7-8-17(9-18,10-5-3-2-4-6-10)14(21)13(11)23-15(12)19/h2-6H,7-8,19H2,1H3,(H,20,22). The minimum atomic E-state index is -1.20. The van der Waals surface area contributed by atoms with Gasteiger partial charge >= 0.3 is 0 Å². The van der Waals surface area contributed by atoms with Gasteiger partial charge in [-0.3, -0.25) is 9.59 Å². The number of nitrogens with one attached hydrogen (secondary N) is 1. The van der Waals surface area contributed by atoms with Crippen molar-refractivity contribution in [1.82, 2.24) is 5.32 Å². The topological polar surface area (TPSA) is 96.0 Å². The van der Waals surface area contributed by atoms with Crippen LogP contribution in [0.5, 0.6) is 0 Å². The van der Waals surface area contributed by atoms with Crippen molar-refractivity contribution in [3.8, 4) is 6.07 Å². The molecule has 1 aromatic carbocycles. The number of hydrogen-bond donors (Lipinski definition) is 2. The van der Waals surface area contributed by atoms with E-state index in [0.29, 0.717) is 39.4 Å². The molecule has 0 spiro atoms. The first kappa shape index (κ1) is 15.3. The van der Waals surface area contributed by atoms with E-state index >= 15 is 0 Å². The zero-order valence-corrected chi connectivity index (χ0v) is 13.4. The number of rotatable bonds is 2. The molecule has 0 saturated carbocycles. The van der Waals surface area contributed by atoms with E-state index in [2.05, 4.69) is 11.4 Å². The number of nitriles is 1. The number of nitrogens with zero attached hydrogens (tertiary/aromatic N) is 1. The van der Waals surface area contributed by atoms with Crippen LogP contribution in [0.1, 0.15) is 37.6 Å². The highest BCUT2D eigenvalue weighted by Crippen LogP contribution is 2.44. The van der Waals surface area contributed by atoms with Crippen molar-refractivity contribution in [2.75, 3.05) is 12.8 Å². The first-order valence-electron chi connectivity index (χ1n) is 7.20. The summed E-state index contributed by atoms with van der Waals surface area (Å²) in [5.74, 6) is -0.559. The number of ketones is 1. The number of nitrogen functional groups attached to an aromatic ring is 1. The Hall–Kier alpha value is -2.65. The quantitative estimate of drug-likeness (QED) is 0.885. The lowest BCUT2D eigenvalue weighted by molar-refractivity contribution is 0.0908. The van der Waals surface area contributed by atoms with E-state index in [1.54, 1.807) is 12.1 Å². The molecule has 0 bridgehead atoms. The number of Topliss-reactive ketones (excluding diaryl/α,β-unsaturated/α-hetero) is 1. The summed E-state index contributed by atoms with van der Waals surface area (Å²) in [6, 6.07) is 11.3. The van der Waals surface area contributed by atoms with Gasteiger partial charge in [0.25, 0.3) is 5.91 Å². The Morgan fingerprint density at radius 3 is 2.70 bits per heavy atom. The molecule has 5 nitrogen and oxygen atoms in total. The van der Waals surface area contributed by atoms with Gasteiger partial charge in [0.05, 0.1) is 21.5 Å². The molecule has 1 heterocycles. The van der Waals surface area contributed by atoms with E-state index < -0.39 is 5.41 Å². The van der Waals surface area contributed by atoms with E-state index in [-0.39, 0.29) is 11.7 Å². The van der Waals surface area contributed by atoms with Crippen molar-refractivity contribution in [3.63, 3.8) is 0 Å². The number of amides is 1. The van der Waals surface area contributed by atoms with Crippen LogP contribution in [0.25, 0.3) is 0 Å². The fraction of sp³-hybridized carbons (Fsp3) is 0.235. The zero-order chi connectivity index (χ0) is 16.6. The lowest BCUT2D eigenvalue weighted by Gasteiger charge is -2.29. The summed E-state index contributed by atoms with van der Waals surface area (Å²) in [5.41, 5.74) is 6.48. The fourth-order valence-corrected chi connectivity index (χ4v) is 4.20. The number of fused-ring (bicyclic) bond motifs is 1. The average molecular weight is 325 g/mol. The van der Waals surface area contributed by atoms with E-state index in [1.807, 2.05) is 18.2 Å². The van der Waals surface area contributed by atoms with Crippen LogP contribution in [-0.2, 0) is 11.8 Å². The molecule has 0 aliphatic heterocycles. The first-order chi connectivity index (χ1) is 11.0. The Bertz CT molecular complexity index is 836. The van der Waals surface area contributed by atoms with Crippen LogP contribution < -0.4 is 11.1 Å². The van der Waals surface area contributed by atoms with Crippen LogP contribution in [0.4, 0.5) is 5.00 Å². The third-order valence-corrected chi connectivity index (χ3v) is 5.35. The zero-order valence-electron chi connectivity index (χ0n) is 12.6. The molecule has 1 aromatic heterocycles. The van der Waals surface area contributed by atoms with E-state index in [0.717, 1.165) is 11.3 Å². The maximum Gasteiger partial charge on any atom is 0.254 e. The highest BCUT2D eigenvalue weighted by atomic mass is 32.1. The molecule has 0 fully saturated rings. The Balaban J connectivity index is 2.16. The molecular formula is C17H15N3O2S. The van der Waals surface area contributed by atoms with Gasteiger partial charge < -0.3 is 11.1 Å². The van der Waals surface area contributed by atoms with Crippen LogP contribution in [0.2, 0.25) is 0 Å². The molecule has 116 valence electrons. The van der Waals surface area contributed by atoms with Gasteiger partial charge in [-0.15, -0.1) is 11.3 Å². The molecule has 6 heteroatoms. The molecule has 1 atom stereocenters. The fourth-order valence-electron chi connectivity index (χ4n) is 3.07. The van der Waals surface area contributed by atoms with Crippen LogP contribution in [-0.4, -0.2) is 18.7 Å². The number of hydrogen-bond acceptors (Lipinski definition) is 5. The predicted octanol–water partition coefficient (Wildman–Crippen LogP) is 2.28. The average Bonchev–Trinajstić information content (AvgIpc) is 2.93. The van der Waals surface area contributed by atoms with Gasteiger partial charge in [0.15, 0.2) is 5.78 Å². The second-order valence-corrected chi connectivity index (χ2v) is 6.49. The summed E-state index contributed by atoms with van der Waals surface area (Å²) < 4.78 is 0. The van der Waals surface area contributed by atoms with Gasteiger partial charge in [-0.2, -0.15) is 5.26 Å². The number of carbonyl (C=O) groups is 2. The van der Waals surface area contributed by atoms with Gasteiger partial charge in [0.2, 0.25) is 0 Å². The molecule has 3 rings (SSSR count). The third-order valence-electron chi connectivity index (χ3n) is 4.29. The summed E-state index contributed by atoms with van der Waals surface area (Å²) in [6.07, 6.45) is 0.819. The molecule has 1 aliphatic rings. The van der Waals surface area contributed by atoms with E-state index in [1.165, 1.54) is 7.05 Å². The summed E-state index contributed by atoms with van der Waals surface area (Å²) in [4.78, 5) is 25.5. The highest BCUT2D eigenvalue weighted by Gasteiger charge is 2.47. The summed E-state index contributed by atoms with van der Waals surface area (Å²) in [5, 5.41) is 12.6. The minimum absolute atomic E-state index is 0.265. The van der Waals surface area contributed by atoms with Crippen molar-refractivity contribution in [2.45, 2.75) is 18.3 Å². The van der Waals surface area contributed by atoms with Crippen molar-refractivity contribution >= 4 is 28.0 Å². The maximum absolute atomic E-state index is 13.0. The number of anilines is 1. The van der Waals surface area contributed by atoms with Crippen molar-refractivity contribution in [2.24, 2.45) is 0 Å². The molecule has 1 unspecified atom stereocenters. The molecule has 1 amide bonds. The largest absolute Gasteiger partial charge is 0.390 e. The lowest BCUT2D eigenvalue weighted by Crippen LogP contribution is -2.38. The normalized spacial score (nSPS) is 19.7. The van der Waals surface area contributed by atoms with Crippen molar-refractivity contribution < 1.29 is 9.59 Å². The number of carbonyl (C=O) groups excluding carboxylic acids is 2. The maximum atomic E-state index is 13.0. The molecule has 3 N–H and O–H groups in total. The van der Waals surface area contributed by atoms with Gasteiger partial charge in [-0.1, -0.05) is 30.3 Å². The Morgan fingerprint density at radius 1 is 1.39 bits per heavy atom. The molecule has 2 aromatic rings. The second-order valence-electron chi connectivity index (χ2n) is 5.44. The summed E-state index contributed by atoms with van der Waals surface area (Å²) >= 11 is 1.10. The minimum Gasteiger partial charge on any atom is -0.390 e. The number of benzene rings is 1. The van der Waals surface area contributed by atoms with Crippen molar-refractivity contribution in [3.05, 3.63) is 51.9 Å². The number of thiophene rings is 1. The molecule has 23 heavy (non-hydrogen) atoms. The highest BCUT2D eigenvalue weighted by molar-refractivity contribution is 7.18. The van der Waals surface area contributed by atoms with Crippen LogP contribution >= 0.6 is 11.3 Å². The molecule has 0 saturated heterocycles. The Kier molecular flexibility index (Phi) is 3.66. The lowest BCUT2D eigenvalue weighted by atomic mass is 9.69. The number of nitrogens with two attached hydrogens (primary N) is 1. The van der Waals surface area contributed by atoms with Gasteiger partial charge in [-0.25, -0.2) is 0 Å².